The van der Waals surface area contributed by atoms with Gasteiger partial charge in [0, 0.05) is 32.2 Å². The average molecular weight is 347 g/mol. The Kier molecular flexibility index (Phi) is 6.15. The number of hydrogen-bond acceptors (Lipinski definition) is 4. The molecule has 25 heavy (non-hydrogen) atoms. The monoisotopic (exact) mass is 347 g/mol. The minimum absolute atomic E-state index is 0.0277. The Bertz CT molecular complexity index is 587. The Morgan fingerprint density at radius 1 is 1.28 bits per heavy atom. The summed E-state index contributed by atoms with van der Waals surface area (Å²) in [6, 6.07) is 6.08. The van der Waals surface area contributed by atoms with E-state index in [9.17, 15) is 4.79 Å². The summed E-state index contributed by atoms with van der Waals surface area (Å²) in [5, 5.41) is 3.04. The summed E-state index contributed by atoms with van der Waals surface area (Å²) in [6.07, 6.45) is 3.32. The van der Waals surface area contributed by atoms with Crippen LogP contribution in [0.4, 0.5) is 10.5 Å². The van der Waals surface area contributed by atoms with Crippen LogP contribution in [0.5, 0.6) is 5.75 Å². The molecule has 0 saturated carbocycles. The second-order valence-electron chi connectivity index (χ2n) is 6.89. The number of nitrogens with zero attached hydrogens (tertiary/aromatic N) is 2. The van der Waals surface area contributed by atoms with Gasteiger partial charge in [-0.25, -0.2) is 4.79 Å². The molecule has 6 heteroatoms. The van der Waals surface area contributed by atoms with Crippen molar-refractivity contribution in [2.45, 2.75) is 32.2 Å². The van der Waals surface area contributed by atoms with E-state index in [1.165, 1.54) is 6.42 Å². The molecule has 0 spiro atoms. The summed E-state index contributed by atoms with van der Waals surface area (Å²) >= 11 is 0. The smallest absolute Gasteiger partial charge is 0.322 e. The van der Waals surface area contributed by atoms with E-state index in [4.69, 9.17) is 9.47 Å². The molecule has 3 rings (SSSR count). The first-order valence-corrected chi connectivity index (χ1v) is 9.20. The zero-order valence-corrected chi connectivity index (χ0v) is 15.3. The minimum Gasteiger partial charge on any atom is -0.495 e. The Morgan fingerprint density at radius 3 is 2.84 bits per heavy atom. The van der Waals surface area contributed by atoms with E-state index < -0.39 is 0 Å². The van der Waals surface area contributed by atoms with Crippen LogP contribution in [0, 0.1) is 6.92 Å². The first kappa shape index (κ1) is 18.0. The van der Waals surface area contributed by atoms with Crippen LogP contribution in [-0.2, 0) is 4.74 Å². The van der Waals surface area contributed by atoms with Crippen LogP contribution in [0.25, 0.3) is 0 Å². The highest BCUT2D eigenvalue weighted by molar-refractivity contribution is 5.91. The van der Waals surface area contributed by atoms with Crippen LogP contribution in [0.2, 0.25) is 0 Å². The van der Waals surface area contributed by atoms with Crippen molar-refractivity contribution in [3.05, 3.63) is 23.8 Å². The maximum Gasteiger partial charge on any atom is 0.322 e. The number of benzene rings is 1. The normalized spacial score (nSPS) is 21.8. The molecule has 2 amide bonds. The molecule has 1 aromatic rings. The van der Waals surface area contributed by atoms with Gasteiger partial charge in [-0.2, -0.15) is 0 Å². The largest absolute Gasteiger partial charge is 0.495 e. The van der Waals surface area contributed by atoms with E-state index in [1.54, 1.807) is 7.11 Å². The van der Waals surface area contributed by atoms with Crippen molar-refractivity contribution >= 4 is 11.7 Å². The number of hydrogen-bond donors (Lipinski definition) is 1. The lowest BCUT2D eigenvalue weighted by molar-refractivity contribution is 0.0229. The van der Waals surface area contributed by atoms with E-state index in [1.807, 2.05) is 30.0 Å². The Hall–Kier alpha value is -1.79. The second kappa shape index (κ2) is 8.54. The zero-order valence-electron chi connectivity index (χ0n) is 15.3. The summed E-state index contributed by atoms with van der Waals surface area (Å²) in [7, 11) is 1.63. The number of piperidine rings is 1. The van der Waals surface area contributed by atoms with Crippen molar-refractivity contribution < 1.29 is 14.3 Å². The number of carbonyl (C=O) groups excluding carboxylic acids is 1. The Morgan fingerprint density at radius 2 is 2.08 bits per heavy atom. The number of nitrogens with one attached hydrogen (secondary N) is 1. The fourth-order valence-corrected chi connectivity index (χ4v) is 3.63. The van der Waals surface area contributed by atoms with Crippen molar-refractivity contribution in [2.24, 2.45) is 0 Å². The molecular weight excluding hydrogens is 318 g/mol. The van der Waals surface area contributed by atoms with Gasteiger partial charge in [-0.15, -0.1) is 0 Å². The number of rotatable bonds is 4. The lowest BCUT2D eigenvalue weighted by atomic mass is 10.0. The number of carbonyl (C=O) groups is 1. The first-order valence-electron chi connectivity index (χ1n) is 9.20. The van der Waals surface area contributed by atoms with Gasteiger partial charge >= 0.3 is 6.03 Å². The molecule has 2 fully saturated rings. The van der Waals surface area contributed by atoms with Crippen molar-refractivity contribution in [3.8, 4) is 5.75 Å². The van der Waals surface area contributed by atoms with Crippen LogP contribution in [0.3, 0.4) is 0 Å². The molecule has 1 aromatic carbocycles. The van der Waals surface area contributed by atoms with Gasteiger partial charge in [0.15, 0.2) is 0 Å². The highest BCUT2D eigenvalue weighted by Gasteiger charge is 2.29. The molecule has 0 radical (unpaired) electrons. The Balaban J connectivity index is 1.66. The summed E-state index contributed by atoms with van der Waals surface area (Å²) < 4.78 is 10.8. The van der Waals surface area contributed by atoms with Crippen molar-refractivity contribution in [1.29, 1.82) is 0 Å². The van der Waals surface area contributed by atoms with Gasteiger partial charge in [-0.1, -0.05) is 6.07 Å². The molecule has 2 aliphatic heterocycles. The van der Waals surface area contributed by atoms with Crippen molar-refractivity contribution in [1.82, 2.24) is 9.80 Å². The third-order valence-electron chi connectivity index (χ3n) is 5.06. The highest BCUT2D eigenvalue weighted by atomic mass is 16.5. The first-order chi connectivity index (χ1) is 12.2. The van der Waals surface area contributed by atoms with Gasteiger partial charge < -0.3 is 19.7 Å². The summed E-state index contributed by atoms with van der Waals surface area (Å²) in [5.74, 6) is 0.704. The SMILES string of the molecule is COc1cc(C)ccc1NC(=O)N1CCCCC1CN1CCOCC1. The van der Waals surface area contributed by atoms with Crippen LogP contribution in [0.1, 0.15) is 24.8 Å². The lowest BCUT2D eigenvalue weighted by Crippen LogP contribution is -2.52. The Labute approximate surface area is 150 Å². The van der Waals surface area contributed by atoms with E-state index in [2.05, 4.69) is 10.2 Å². The zero-order chi connectivity index (χ0) is 17.6. The number of anilines is 1. The molecular formula is C19H29N3O3. The topological polar surface area (TPSA) is 54.0 Å². The van der Waals surface area contributed by atoms with E-state index in [-0.39, 0.29) is 12.1 Å². The lowest BCUT2D eigenvalue weighted by Gasteiger charge is -2.39. The van der Waals surface area contributed by atoms with Gasteiger partial charge in [0.1, 0.15) is 5.75 Å². The van der Waals surface area contributed by atoms with Crippen LogP contribution in [0.15, 0.2) is 18.2 Å². The second-order valence-corrected chi connectivity index (χ2v) is 6.89. The number of methoxy groups -OCH3 is 1. The van der Waals surface area contributed by atoms with Gasteiger partial charge in [0.25, 0.3) is 0 Å². The van der Waals surface area contributed by atoms with Crippen LogP contribution in [-0.4, -0.2) is 68.4 Å². The van der Waals surface area contributed by atoms with E-state index in [0.717, 1.165) is 63.5 Å². The predicted molar refractivity (Wildman–Crippen MR) is 98.4 cm³/mol. The van der Waals surface area contributed by atoms with Gasteiger partial charge in [-0.3, -0.25) is 4.90 Å². The summed E-state index contributed by atoms with van der Waals surface area (Å²) in [5.41, 5.74) is 1.84. The molecule has 2 saturated heterocycles. The van der Waals surface area contributed by atoms with Crippen molar-refractivity contribution in [3.63, 3.8) is 0 Å². The highest BCUT2D eigenvalue weighted by Crippen LogP contribution is 2.27. The number of aryl methyl sites for hydroxylation is 1. The van der Waals surface area contributed by atoms with Gasteiger partial charge in [0.05, 0.1) is 26.0 Å². The molecule has 1 N–H and O–H groups in total. The molecule has 138 valence electrons. The van der Waals surface area contributed by atoms with E-state index >= 15 is 0 Å². The van der Waals surface area contributed by atoms with Gasteiger partial charge in [-0.05, 0) is 43.9 Å². The maximum absolute atomic E-state index is 12.9. The molecule has 2 heterocycles. The third-order valence-corrected chi connectivity index (χ3v) is 5.06. The number of amides is 2. The number of likely N-dealkylation sites (tertiary alicyclic amines) is 1. The minimum atomic E-state index is -0.0277. The third kappa shape index (κ3) is 4.64. The molecule has 0 aliphatic carbocycles. The van der Waals surface area contributed by atoms with E-state index in [0.29, 0.717) is 5.75 Å². The quantitative estimate of drug-likeness (QED) is 0.910. The number of urea groups is 1. The molecule has 0 bridgehead atoms. The van der Waals surface area contributed by atoms with Crippen molar-refractivity contribution in [2.75, 3.05) is 51.8 Å². The molecule has 0 aromatic heterocycles. The maximum atomic E-state index is 12.9. The summed E-state index contributed by atoms with van der Waals surface area (Å²) in [6.45, 7) is 7.25. The molecule has 1 unspecified atom stereocenters. The fourth-order valence-electron chi connectivity index (χ4n) is 3.63. The molecule has 6 nitrogen and oxygen atoms in total. The van der Waals surface area contributed by atoms with Gasteiger partial charge in [0.2, 0.25) is 0 Å². The predicted octanol–water partition coefficient (Wildman–Crippen LogP) is 2.72. The summed E-state index contributed by atoms with van der Waals surface area (Å²) in [4.78, 5) is 17.3. The molecule has 2 aliphatic rings. The number of morpholine rings is 1. The fraction of sp³-hybridized carbons (Fsp3) is 0.632. The standard InChI is InChI=1S/C19H29N3O3/c1-15-6-7-17(18(13-15)24-2)20-19(23)22-8-4-3-5-16(22)14-21-9-11-25-12-10-21/h6-7,13,16H,3-5,8-12,14H2,1-2H3,(H,20,23). The number of ether oxygens (including phenoxy) is 2. The molecule has 1 atom stereocenters. The average Bonchev–Trinajstić information content (AvgIpc) is 2.64. The van der Waals surface area contributed by atoms with Crippen LogP contribution < -0.4 is 10.1 Å². The van der Waals surface area contributed by atoms with Crippen LogP contribution >= 0.6 is 0 Å².